The summed E-state index contributed by atoms with van der Waals surface area (Å²) >= 11 is 0. The maximum Gasteiger partial charge on any atom is 0.257 e. The molecule has 0 radical (unpaired) electrons. The molecule has 1 heterocycles. The fourth-order valence-electron chi connectivity index (χ4n) is 3.10. The molecule has 0 aliphatic rings. The van der Waals surface area contributed by atoms with Crippen molar-refractivity contribution in [1.82, 2.24) is 15.6 Å². The van der Waals surface area contributed by atoms with Crippen LogP contribution in [0.4, 0.5) is 0 Å². The molecule has 2 aromatic rings. The Morgan fingerprint density at radius 3 is 2.52 bits per heavy atom. The van der Waals surface area contributed by atoms with E-state index in [1.165, 1.54) is 6.21 Å². The summed E-state index contributed by atoms with van der Waals surface area (Å²) in [4.78, 5) is 26.8. The van der Waals surface area contributed by atoms with Crippen molar-refractivity contribution in [3.05, 3.63) is 60.1 Å². The number of likely N-dealkylation sites (N-methyl/N-ethyl adjacent to an activating group) is 1. The third-order valence-electron chi connectivity index (χ3n) is 4.69. The molecule has 0 aliphatic carbocycles. The maximum absolute atomic E-state index is 12.6. The van der Waals surface area contributed by atoms with Gasteiger partial charge in [0.2, 0.25) is 0 Å². The first-order valence-corrected chi connectivity index (χ1v) is 10.1. The van der Waals surface area contributed by atoms with Gasteiger partial charge in [-0.15, -0.1) is 0 Å². The summed E-state index contributed by atoms with van der Waals surface area (Å²) in [7, 11) is 0. The molecule has 2 N–H and O–H groups in total. The highest BCUT2D eigenvalue weighted by Crippen LogP contribution is 2.10. The van der Waals surface area contributed by atoms with Crippen LogP contribution in [0.15, 0.2) is 58.2 Å². The molecule has 0 aliphatic heterocycles. The molecule has 0 fully saturated rings. The largest absolute Gasteiger partial charge is 0.463 e. The average molecular weight is 399 g/mol. The number of carbonyl (C=O) groups excluding carboxylic acids is 2. The Morgan fingerprint density at radius 2 is 1.86 bits per heavy atom. The summed E-state index contributed by atoms with van der Waals surface area (Å²) in [5.74, 6) is 0.375. The Morgan fingerprint density at radius 1 is 1.10 bits per heavy atom. The lowest BCUT2D eigenvalue weighted by molar-refractivity contribution is -0.126. The molecule has 0 spiro atoms. The summed E-state index contributed by atoms with van der Waals surface area (Å²) < 4.78 is 5.16. The minimum absolute atomic E-state index is 0.0732. The first-order valence-electron chi connectivity index (χ1n) is 10.1. The van der Waals surface area contributed by atoms with Crippen LogP contribution < -0.4 is 10.7 Å². The van der Waals surface area contributed by atoms with Crippen molar-refractivity contribution in [2.24, 2.45) is 5.10 Å². The van der Waals surface area contributed by atoms with Gasteiger partial charge in [-0.2, -0.15) is 5.10 Å². The number of carbonyl (C=O) groups is 2. The number of unbranched alkanes of at least 4 members (excludes halogenated alkanes) is 1. The van der Waals surface area contributed by atoms with E-state index in [0.29, 0.717) is 24.3 Å². The molecule has 1 atom stereocenters. The SMILES string of the molecule is CCN(CC)C(CCCCNC(=O)c1ccccc1)C(=O)N/N=C/c1ccco1. The molecule has 0 saturated heterocycles. The summed E-state index contributed by atoms with van der Waals surface area (Å²) in [6, 6.07) is 12.4. The van der Waals surface area contributed by atoms with E-state index in [1.807, 2.05) is 32.0 Å². The minimum atomic E-state index is -0.261. The molecule has 0 saturated carbocycles. The predicted octanol–water partition coefficient (Wildman–Crippen LogP) is 3.04. The molecule has 156 valence electrons. The van der Waals surface area contributed by atoms with Gasteiger partial charge in [0.1, 0.15) is 5.76 Å². The van der Waals surface area contributed by atoms with Crippen LogP contribution in [-0.2, 0) is 4.79 Å². The molecule has 0 bridgehead atoms. The van der Waals surface area contributed by atoms with E-state index in [2.05, 4.69) is 20.7 Å². The lowest BCUT2D eigenvalue weighted by Gasteiger charge is -2.27. The summed E-state index contributed by atoms with van der Waals surface area (Å²) in [6.45, 7) is 6.21. The van der Waals surface area contributed by atoms with Gasteiger partial charge in [0.15, 0.2) is 0 Å². The summed E-state index contributed by atoms with van der Waals surface area (Å²) in [5.41, 5.74) is 3.26. The van der Waals surface area contributed by atoms with Crippen LogP contribution in [0.1, 0.15) is 49.2 Å². The van der Waals surface area contributed by atoms with E-state index in [4.69, 9.17) is 4.42 Å². The van der Waals surface area contributed by atoms with Gasteiger partial charge in [-0.1, -0.05) is 32.0 Å². The minimum Gasteiger partial charge on any atom is -0.463 e. The number of furan rings is 1. The van der Waals surface area contributed by atoms with Gasteiger partial charge in [0.25, 0.3) is 11.8 Å². The van der Waals surface area contributed by atoms with Crippen molar-refractivity contribution >= 4 is 18.0 Å². The van der Waals surface area contributed by atoms with Crippen LogP contribution in [0.2, 0.25) is 0 Å². The number of nitrogens with zero attached hydrogens (tertiary/aromatic N) is 2. The second-order valence-electron chi connectivity index (χ2n) is 6.60. The maximum atomic E-state index is 12.6. The molecule has 7 nitrogen and oxygen atoms in total. The topological polar surface area (TPSA) is 86.9 Å². The Kier molecular flexibility index (Phi) is 9.65. The summed E-state index contributed by atoms with van der Waals surface area (Å²) in [6.07, 6.45) is 5.37. The smallest absolute Gasteiger partial charge is 0.257 e. The fourth-order valence-corrected chi connectivity index (χ4v) is 3.10. The predicted molar refractivity (Wildman–Crippen MR) is 114 cm³/mol. The Bertz CT molecular complexity index is 756. The van der Waals surface area contributed by atoms with Gasteiger partial charge in [-0.05, 0) is 56.6 Å². The second-order valence-corrected chi connectivity index (χ2v) is 6.60. The van der Waals surface area contributed by atoms with E-state index in [-0.39, 0.29) is 17.9 Å². The van der Waals surface area contributed by atoms with Gasteiger partial charge in [0, 0.05) is 12.1 Å². The first kappa shape index (κ1) is 22.4. The molecular formula is C22H30N4O3. The molecule has 29 heavy (non-hydrogen) atoms. The van der Waals surface area contributed by atoms with E-state index < -0.39 is 0 Å². The number of hydrogen-bond acceptors (Lipinski definition) is 5. The number of nitrogens with one attached hydrogen (secondary N) is 2. The molecule has 1 aromatic carbocycles. The van der Waals surface area contributed by atoms with Crippen molar-refractivity contribution < 1.29 is 14.0 Å². The molecule has 7 heteroatoms. The standard InChI is InChI=1S/C22H30N4O3/c1-3-26(4-2)20(22(28)25-24-17-19-13-10-16-29-19)14-8-9-15-23-21(27)18-11-6-5-7-12-18/h5-7,10-13,16-17,20H,3-4,8-9,14-15H2,1-2H3,(H,23,27)(H,25,28)/b24-17+. The average Bonchev–Trinajstić information content (AvgIpc) is 3.26. The Hall–Kier alpha value is -2.93. The number of amides is 2. The van der Waals surface area contributed by atoms with E-state index in [0.717, 1.165) is 25.9 Å². The number of hydrogen-bond donors (Lipinski definition) is 2. The second kappa shape index (κ2) is 12.5. The first-order chi connectivity index (χ1) is 14.2. The van der Waals surface area contributed by atoms with E-state index in [9.17, 15) is 9.59 Å². The monoisotopic (exact) mass is 398 g/mol. The van der Waals surface area contributed by atoms with Gasteiger partial charge >= 0.3 is 0 Å². The normalized spacial score (nSPS) is 12.2. The van der Waals surface area contributed by atoms with Crippen molar-refractivity contribution in [2.75, 3.05) is 19.6 Å². The lowest BCUT2D eigenvalue weighted by Crippen LogP contribution is -2.45. The van der Waals surface area contributed by atoms with Gasteiger partial charge in [-0.3, -0.25) is 14.5 Å². The number of benzene rings is 1. The van der Waals surface area contributed by atoms with Gasteiger partial charge < -0.3 is 9.73 Å². The zero-order valence-electron chi connectivity index (χ0n) is 17.1. The van der Waals surface area contributed by atoms with E-state index in [1.54, 1.807) is 30.5 Å². The molecule has 1 aromatic heterocycles. The Labute approximate surface area is 172 Å². The quantitative estimate of drug-likeness (QED) is 0.327. The van der Waals surface area contributed by atoms with Crippen LogP contribution in [0.5, 0.6) is 0 Å². The molecule has 2 amide bonds. The third kappa shape index (κ3) is 7.54. The number of rotatable bonds is 12. The highest BCUT2D eigenvalue weighted by atomic mass is 16.3. The van der Waals surface area contributed by atoms with Crippen molar-refractivity contribution in [3.8, 4) is 0 Å². The van der Waals surface area contributed by atoms with Crippen LogP contribution in [0.25, 0.3) is 0 Å². The zero-order valence-corrected chi connectivity index (χ0v) is 17.1. The van der Waals surface area contributed by atoms with Crippen LogP contribution in [0, 0.1) is 0 Å². The van der Waals surface area contributed by atoms with Gasteiger partial charge in [0.05, 0.1) is 18.5 Å². The third-order valence-corrected chi connectivity index (χ3v) is 4.69. The number of hydrazone groups is 1. The Balaban J connectivity index is 1.78. The van der Waals surface area contributed by atoms with Crippen LogP contribution in [0.3, 0.4) is 0 Å². The fraction of sp³-hybridized carbons (Fsp3) is 0.409. The molecular weight excluding hydrogens is 368 g/mol. The molecule has 2 rings (SSSR count). The summed E-state index contributed by atoms with van der Waals surface area (Å²) in [5, 5.41) is 6.91. The highest BCUT2D eigenvalue weighted by molar-refractivity contribution is 5.94. The van der Waals surface area contributed by atoms with E-state index >= 15 is 0 Å². The van der Waals surface area contributed by atoms with Crippen LogP contribution >= 0.6 is 0 Å². The van der Waals surface area contributed by atoms with Crippen molar-refractivity contribution in [2.45, 2.75) is 39.2 Å². The van der Waals surface area contributed by atoms with Crippen molar-refractivity contribution in [1.29, 1.82) is 0 Å². The van der Waals surface area contributed by atoms with Gasteiger partial charge in [-0.25, -0.2) is 5.43 Å². The highest BCUT2D eigenvalue weighted by Gasteiger charge is 2.23. The van der Waals surface area contributed by atoms with Crippen molar-refractivity contribution in [3.63, 3.8) is 0 Å². The molecule has 1 unspecified atom stereocenters. The zero-order chi connectivity index (χ0) is 20.9. The lowest BCUT2D eigenvalue weighted by atomic mass is 10.1. The van der Waals surface area contributed by atoms with Crippen LogP contribution in [-0.4, -0.2) is 48.6 Å².